The van der Waals surface area contributed by atoms with E-state index in [4.69, 9.17) is 4.74 Å². The Labute approximate surface area is 557 Å². The molecule has 0 rings (SSSR count). The zero-order valence-electron chi connectivity index (χ0n) is 60.4. The summed E-state index contributed by atoms with van der Waals surface area (Å²) in [5.74, 6) is -0.0408. The Bertz CT molecular complexity index is 1440. The summed E-state index contributed by atoms with van der Waals surface area (Å²) in [6.07, 6.45) is 103. The van der Waals surface area contributed by atoms with Crippen molar-refractivity contribution in [1.29, 1.82) is 0 Å². The number of allylic oxidation sites excluding steroid dienone is 5. The summed E-state index contributed by atoms with van der Waals surface area (Å²) in [7, 11) is 0. The standard InChI is InChI=1S/C83H159NO5/c1-3-5-7-9-11-13-15-17-19-21-23-36-40-43-47-51-55-59-63-67-71-75-81(86)80(79-85)84-82(87)76-72-68-64-60-56-52-48-44-41-37-34-32-30-28-26-24-25-27-29-31-33-35-38-42-46-50-54-58-62-66-70-74-78-89-83(88)77-73-69-65-61-57-53-49-45-39-22-20-18-16-14-12-10-8-6-4-2/h12,14,18,20,71,75,80-81,85-86H,3-11,13,15-17,19,21-70,72-74,76-79H2,1-2H3,(H,84,87)/b14-12-,20-18-,75-71+. The van der Waals surface area contributed by atoms with Crippen molar-refractivity contribution in [3.63, 3.8) is 0 Å². The van der Waals surface area contributed by atoms with Gasteiger partial charge >= 0.3 is 5.97 Å². The van der Waals surface area contributed by atoms with Crippen LogP contribution in [0, 0.1) is 0 Å². The molecule has 2 unspecified atom stereocenters. The predicted molar refractivity (Wildman–Crippen MR) is 393 cm³/mol. The smallest absolute Gasteiger partial charge is 0.305 e. The van der Waals surface area contributed by atoms with Crippen molar-refractivity contribution < 1.29 is 24.5 Å². The number of hydrogen-bond acceptors (Lipinski definition) is 5. The van der Waals surface area contributed by atoms with Gasteiger partial charge in [-0.25, -0.2) is 0 Å². The molecule has 0 aliphatic rings. The first-order chi connectivity index (χ1) is 44.0. The molecular formula is C83H159NO5. The number of carbonyl (C=O) groups is 2. The summed E-state index contributed by atoms with van der Waals surface area (Å²) in [5, 5.41) is 23.3. The number of esters is 1. The Morgan fingerprint density at radius 1 is 0.315 bits per heavy atom. The van der Waals surface area contributed by atoms with Gasteiger partial charge in [0.1, 0.15) is 0 Å². The van der Waals surface area contributed by atoms with Crippen LogP contribution in [-0.4, -0.2) is 47.4 Å². The highest BCUT2D eigenvalue weighted by Gasteiger charge is 2.18. The van der Waals surface area contributed by atoms with E-state index in [1.807, 2.05) is 6.08 Å². The summed E-state index contributed by atoms with van der Waals surface area (Å²) >= 11 is 0. The normalized spacial score (nSPS) is 12.6. The average Bonchev–Trinajstić information content (AvgIpc) is 3.60. The number of hydrogen-bond donors (Lipinski definition) is 3. The molecule has 89 heavy (non-hydrogen) atoms. The Morgan fingerprint density at radius 2 is 0.562 bits per heavy atom. The largest absolute Gasteiger partial charge is 0.466 e. The number of nitrogens with one attached hydrogen (secondary N) is 1. The van der Waals surface area contributed by atoms with Crippen molar-refractivity contribution in [2.45, 2.75) is 469 Å². The molecule has 0 heterocycles. The molecule has 3 N–H and O–H groups in total. The van der Waals surface area contributed by atoms with E-state index in [-0.39, 0.29) is 18.5 Å². The van der Waals surface area contributed by atoms with Crippen LogP contribution in [0.2, 0.25) is 0 Å². The molecule has 1 amide bonds. The van der Waals surface area contributed by atoms with Crippen LogP contribution in [0.3, 0.4) is 0 Å². The lowest BCUT2D eigenvalue weighted by atomic mass is 10.0. The van der Waals surface area contributed by atoms with Gasteiger partial charge in [0.25, 0.3) is 0 Å². The van der Waals surface area contributed by atoms with E-state index in [0.29, 0.717) is 19.4 Å². The maximum atomic E-state index is 12.5. The highest BCUT2D eigenvalue weighted by molar-refractivity contribution is 5.76. The zero-order chi connectivity index (χ0) is 64.2. The maximum Gasteiger partial charge on any atom is 0.305 e. The van der Waals surface area contributed by atoms with Crippen LogP contribution in [-0.2, 0) is 14.3 Å². The van der Waals surface area contributed by atoms with E-state index in [0.717, 1.165) is 51.4 Å². The number of unbranched alkanes of at least 4 members (excludes halogenated alkanes) is 62. The van der Waals surface area contributed by atoms with Gasteiger partial charge in [0.2, 0.25) is 5.91 Å². The van der Waals surface area contributed by atoms with Gasteiger partial charge in [0, 0.05) is 12.8 Å². The number of ether oxygens (including phenoxy) is 1. The molecular weight excluding hydrogens is 1090 g/mol. The van der Waals surface area contributed by atoms with Crippen molar-refractivity contribution in [2.24, 2.45) is 0 Å². The zero-order valence-corrected chi connectivity index (χ0v) is 60.4. The Hall–Kier alpha value is -1.92. The highest BCUT2D eigenvalue weighted by Crippen LogP contribution is 2.20. The first kappa shape index (κ1) is 87.1. The molecule has 6 nitrogen and oxygen atoms in total. The molecule has 526 valence electrons. The lowest BCUT2D eigenvalue weighted by Gasteiger charge is -2.20. The minimum absolute atomic E-state index is 0.0180. The quantitative estimate of drug-likeness (QED) is 0.0320. The second-order valence-electron chi connectivity index (χ2n) is 28.1. The monoisotopic (exact) mass is 1250 g/mol. The van der Waals surface area contributed by atoms with Crippen LogP contribution < -0.4 is 5.32 Å². The Kier molecular flexibility index (Phi) is 76.8. The summed E-state index contributed by atoms with van der Waals surface area (Å²) in [4.78, 5) is 24.7. The maximum absolute atomic E-state index is 12.5. The third kappa shape index (κ3) is 75.0. The minimum Gasteiger partial charge on any atom is -0.466 e. The van der Waals surface area contributed by atoms with E-state index in [2.05, 4.69) is 43.5 Å². The molecule has 0 bridgehead atoms. The highest BCUT2D eigenvalue weighted by atomic mass is 16.5. The fourth-order valence-corrected chi connectivity index (χ4v) is 13.0. The molecule has 0 fully saturated rings. The molecule has 0 aromatic rings. The lowest BCUT2D eigenvalue weighted by Crippen LogP contribution is -2.45. The fourth-order valence-electron chi connectivity index (χ4n) is 13.0. The van der Waals surface area contributed by atoms with Crippen molar-refractivity contribution >= 4 is 11.9 Å². The van der Waals surface area contributed by atoms with Gasteiger partial charge in [0.15, 0.2) is 0 Å². The molecule has 0 radical (unpaired) electrons. The van der Waals surface area contributed by atoms with Gasteiger partial charge < -0.3 is 20.3 Å². The third-order valence-corrected chi connectivity index (χ3v) is 19.2. The lowest BCUT2D eigenvalue weighted by molar-refractivity contribution is -0.143. The molecule has 0 aromatic heterocycles. The Balaban J connectivity index is 3.34. The Morgan fingerprint density at radius 3 is 0.876 bits per heavy atom. The van der Waals surface area contributed by atoms with Crippen LogP contribution in [0.1, 0.15) is 457 Å². The molecule has 0 aliphatic heterocycles. The topological polar surface area (TPSA) is 95.9 Å². The van der Waals surface area contributed by atoms with Crippen LogP contribution in [0.15, 0.2) is 36.5 Å². The predicted octanol–water partition coefficient (Wildman–Crippen LogP) is 27.0. The van der Waals surface area contributed by atoms with E-state index in [1.54, 1.807) is 6.08 Å². The van der Waals surface area contributed by atoms with E-state index >= 15 is 0 Å². The summed E-state index contributed by atoms with van der Waals surface area (Å²) in [6, 6.07) is -0.626. The van der Waals surface area contributed by atoms with Crippen molar-refractivity contribution in [1.82, 2.24) is 5.32 Å². The molecule has 6 heteroatoms. The SMILES string of the molecule is CCCCC/C=C\C/C=C\CCCCCCCCCCCC(=O)OCCCCCCCCCCCCCCCCCCCCCCCCCCCCCCCCCCC(=O)NC(CO)C(O)/C=C/CCCCCCCCCCCCCCCCCCCCC. The molecule has 0 aliphatic carbocycles. The van der Waals surface area contributed by atoms with Crippen LogP contribution in [0.4, 0.5) is 0 Å². The molecule has 0 saturated heterocycles. The van der Waals surface area contributed by atoms with Crippen LogP contribution >= 0.6 is 0 Å². The fraction of sp³-hybridized carbons (Fsp3) is 0.904. The summed E-state index contributed by atoms with van der Waals surface area (Å²) < 4.78 is 5.52. The first-order valence-electron chi connectivity index (χ1n) is 40.8. The number of carbonyl (C=O) groups excluding carboxylic acids is 2. The van der Waals surface area contributed by atoms with Gasteiger partial charge in [-0.1, -0.05) is 416 Å². The summed E-state index contributed by atoms with van der Waals surface area (Å²) in [6.45, 7) is 4.93. The molecule has 0 saturated carbocycles. The van der Waals surface area contributed by atoms with Gasteiger partial charge in [0.05, 0.1) is 25.4 Å². The number of aliphatic hydroxyl groups excluding tert-OH is 2. The number of aliphatic hydroxyl groups is 2. The number of rotatable bonds is 77. The van der Waals surface area contributed by atoms with Gasteiger partial charge in [-0.15, -0.1) is 0 Å². The van der Waals surface area contributed by atoms with E-state index < -0.39 is 12.1 Å². The van der Waals surface area contributed by atoms with Gasteiger partial charge in [-0.05, 0) is 64.2 Å². The van der Waals surface area contributed by atoms with Gasteiger partial charge in [-0.2, -0.15) is 0 Å². The van der Waals surface area contributed by atoms with Crippen LogP contribution in [0.5, 0.6) is 0 Å². The molecule has 0 spiro atoms. The van der Waals surface area contributed by atoms with Crippen LogP contribution in [0.25, 0.3) is 0 Å². The summed E-state index contributed by atoms with van der Waals surface area (Å²) in [5.41, 5.74) is 0. The number of amides is 1. The second kappa shape index (κ2) is 78.5. The van der Waals surface area contributed by atoms with Crippen molar-refractivity contribution in [3.05, 3.63) is 36.5 Å². The average molecular weight is 1250 g/mol. The molecule has 2 atom stereocenters. The van der Waals surface area contributed by atoms with E-state index in [1.165, 1.54) is 379 Å². The minimum atomic E-state index is -0.843. The van der Waals surface area contributed by atoms with E-state index in [9.17, 15) is 19.8 Å². The van der Waals surface area contributed by atoms with Crippen molar-refractivity contribution in [2.75, 3.05) is 13.2 Å². The third-order valence-electron chi connectivity index (χ3n) is 19.2. The molecule has 0 aromatic carbocycles. The second-order valence-corrected chi connectivity index (χ2v) is 28.1. The van der Waals surface area contributed by atoms with Crippen molar-refractivity contribution in [3.8, 4) is 0 Å². The van der Waals surface area contributed by atoms with Gasteiger partial charge in [-0.3, -0.25) is 9.59 Å². The first-order valence-corrected chi connectivity index (χ1v) is 40.8.